The summed E-state index contributed by atoms with van der Waals surface area (Å²) in [4.78, 5) is 7.94. The third-order valence-corrected chi connectivity index (χ3v) is 3.85. The Hall–Kier alpha value is -1.26. The molecule has 3 N–H and O–H groups in total. The average Bonchev–Trinajstić information content (AvgIpc) is 2.49. The Labute approximate surface area is 143 Å². The highest BCUT2D eigenvalue weighted by atomic mass is 79.9. The third kappa shape index (κ3) is 4.37. The van der Waals surface area contributed by atoms with E-state index in [9.17, 15) is 4.21 Å². The van der Waals surface area contributed by atoms with Gasteiger partial charge < -0.3 is 10.1 Å². The van der Waals surface area contributed by atoms with Gasteiger partial charge in [-0.05, 0) is 39.7 Å². The number of methoxy groups -OCH3 is 1. The first-order valence-electron chi connectivity index (χ1n) is 5.96. The van der Waals surface area contributed by atoms with Gasteiger partial charge in [0.1, 0.15) is 11.6 Å². The van der Waals surface area contributed by atoms with Crippen molar-refractivity contribution in [1.82, 2.24) is 14.7 Å². The van der Waals surface area contributed by atoms with Gasteiger partial charge in [-0.25, -0.2) is 13.9 Å². The molecule has 0 saturated heterocycles. The second-order valence-corrected chi connectivity index (χ2v) is 6.00. The lowest BCUT2D eigenvalue weighted by Gasteiger charge is -2.15. The number of aromatic nitrogens is 2. The van der Waals surface area contributed by atoms with E-state index < -0.39 is 11.3 Å². The normalized spacial score (nSPS) is 12.0. The summed E-state index contributed by atoms with van der Waals surface area (Å²) in [5.41, 5.74) is 1.34. The summed E-state index contributed by atoms with van der Waals surface area (Å²) in [6.07, 6.45) is 1.53. The van der Waals surface area contributed by atoms with Gasteiger partial charge in [0.15, 0.2) is 0 Å². The lowest BCUT2D eigenvalue weighted by Crippen LogP contribution is -2.17. The Kier molecular flexibility index (Phi) is 6.09. The molecule has 0 amide bonds. The van der Waals surface area contributed by atoms with Crippen LogP contribution in [-0.4, -0.2) is 25.8 Å². The molecule has 118 valence electrons. The quantitative estimate of drug-likeness (QED) is 0.503. The van der Waals surface area contributed by atoms with E-state index in [1.54, 1.807) is 18.2 Å². The predicted octanol–water partition coefficient (Wildman–Crippen LogP) is 2.87. The maximum absolute atomic E-state index is 10.8. The van der Waals surface area contributed by atoms with Crippen LogP contribution in [0.25, 0.3) is 0 Å². The van der Waals surface area contributed by atoms with Crippen molar-refractivity contribution in [2.75, 3.05) is 12.4 Å². The zero-order valence-corrected chi connectivity index (χ0v) is 14.5. The van der Waals surface area contributed by atoms with E-state index in [4.69, 9.17) is 20.9 Å². The molecule has 22 heavy (non-hydrogen) atoms. The summed E-state index contributed by atoms with van der Waals surface area (Å²) in [7, 11) is 1.52. The Morgan fingerprint density at radius 1 is 1.50 bits per heavy atom. The van der Waals surface area contributed by atoms with E-state index in [0.717, 1.165) is 0 Å². The first-order valence-corrected chi connectivity index (χ1v) is 8.24. The zero-order valence-electron chi connectivity index (χ0n) is 11.3. The van der Waals surface area contributed by atoms with Gasteiger partial charge in [0.25, 0.3) is 0 Å². The van der Waals surface area contributed by atoms with Crippen LogP contribution >= 0.6 is 27.5 Å². The summed E-state index contributed by atoms with van der Waals surface area (Å²) in [5, 5.41) is 3.20. The van der Waals surface area contributed by atoms with Crippen LogP contribution in [0.4, 0.5) is 11.5 Å². The van der Waals surface area contributed by atoms with Crippen molar-refractivity contribution < 1.29 is 13.5 Å². The minimum absolute atomic E-state index is 0.102. The molecule has 2 rings (SSSR count). The number of nitrogens with zero attached hydrogens (tertiary/aromatic N) is 2. The molecule has 1 unspecified atom stereocenters. The van der Waals surface area contributed by atoms with Gasteiger partial charge in [-0.15, -0.1) is 0 Å². The van der Waals surface area contributed by atoms with Gasteiger partial charge in [-0.1, -0.05) is 6.07 Å². The molecular weight excluding hydrogens is 396 g/mol. The molecule has 0 aliphatic rings. The highest BCUT2D eigenvalue weighted by Crippen LogP contribution is 2.31. The molecule has 0 saturated carbocycles. The Morgan fingerprint density at radius 3 is 2.95 bits per heavy atom. The topological polar surface area (TPSA) is 96.4 Å². The van der Waals surface area contributed by atoms with E-state index in [0.29, 0.717) is 27.3 Å². The summed E-state index contributed by atoms with van der Waals surface area (Å²) in [5.74, 6) is 1.04. The lowest BCUT2D eigenvalue weighted by atomic mass is 10.1. The molecule has 1 aromatic heterocycles. The Bertz CT molecular complexity index is 704. The molecule has 1 heterocycles. The maximum atomic E-state index is 10.8. The summed E-state index contributed by atoms with van der Waals surface area (Å²) >= 11 is 6.99. The van der Waals surface area contributed by atoms with Gasteiger partial charge >= 0.3 is 0 Å². The molecule has 10 heteroatoms. The molecule has 7 nitrogen and oxygen atoms in total. The minimum Gasteiger partial charge on any atom is -0.496 e. The van der Waals surface area contributed by atoms with Crippen LogP contribution < -0.4 is 14.8 Å². The SMILES string of the molecule is COc1cccc(Nc2nc(Cl)ncc2Br)c1CNS(=O)O. The van der Waals surface area contributed by atoms with Crippen LogP contribution in [-0.2, 0) is 17.8 Å². The van der Waals surface area contributed by atoms with Crippen LogP contribution in [0.5, 0.6) is 5.75 Å². The van der Waals surface area contributed by atoms with Gasteiger partial charge in [-0.3, -0.25) is 4.55 Å². The standard InChI is InChI=1S/C12H12BrClN4O3S/c1-21-10-4-2-3-9(7(10)5-16-22(19)20)17-11-8(13)6-15-12(14)18-11/h2-4,6,16H,5H2,1H3,(H,19,20)(H,15,17,18). The van der Waals surface area contributed by atoms with Crippen LogP contribution in [0.15, 0.2) is 28.9 Å². The van der Waals surface area contributed by atoms with Gasteiger partial charge in [0, 0.05) is 24.0 Å². The fraction of sp³-hybridized carbons (Fsp3) is 0.167. The number of anilines is 2. The van der Waals surface area contributed by atoms with Gasteiger partial charge in [0.2, 0.25) is 16.6 Å². The largest absolute Gasteiger partial charge is 0.496 e. The first-order chi connectivity index (χ1) is 10.5. The van der Waals surface area contributed by atoms with Crippen molar-refractivity contribution in [3.8, 4) is 5.75 Å². The number of hydrogen-bond acceptors (Lipinski definition) is 5. The van der Waals surface area contributed by atoms with Crippen LogP contribution in [0.3, 0.4) is 0 Å². The van der Waals surface area contributed by atoms with Crippen LogP contribution in [0, 0.1) is 0 Å². The molecule has 0 spiro atoms. The van der Waals surface area contributed by atoms with Gasteiger partial charge in [-0.2, -0.15) is 4.98 Å². The molecule has 1 aromatic carbocycles. The molecule has 2 aromatic rings. The van der Waals surface area contributed by atoms with E-state index in [2.05, 4.69) is 35.9 Å². The fourth-order valence-electron chi connectivity index (χ4n) is 1.75. The lowest BCUT2D eigenvalue weighted by molar-refractivity contribution is 0.409. The molecule has 1 atom stereocenters. The molecule has 0 bridgehead atoms. The second kappa shape index (κ2) is 7.84. The first kappa shape index (κ1) is 17.1. The minimum atomic E-state index is -2.13. The number of ether oxygens (including phenoxy) is 1. The summed E-state index contributed by atoms with van der Waals surface area (Å²) < 4.78 is 28.1. The van der Waals surface area contributed by atoms with Crippen molar-refractivity contribution in [2.24, 2.45) is 0 Å². The smallest absolute Gasteiger partial charge is 0.232 e. The molecular formula is C12H12BrClN4O3S. The molecule has 0 aliphatic heterocycles. The average molecular weight is 408 g/mol. The van der Waals surface area contributed by atoms with E-state index in [-0.39, 0.29) is 11.8 Å². The third-order valence-electron chi connectivity index (χ3n) is 2.69. The highest BCUT2D eigenvalue weighted by molar-refractivity contribution is 9.10. The maximum Gasteiger partial charge on any atom is 0.232 e. The predicted molar refractivity (Wildman–Crippen MR) is 88.6 cm³/mol. The number of benzene rings is 1. The van der Waals surface area contributed by atoms with Crippen molar-refractivity contribution in [2.45, 2.75) is 6.54 Å². The van der Waals surface area contributed by atoms with Crippen molar-refractivity contribution in [1.29, 1.82) is 0 Å². The fourth-order valence-corrected chi connectivity index (χ4v) is 2.44. The van der Waals surface area contributed by atoms with Gasteiger partial charge in [0.05, 0.1) is 11.6 Å². The zero-order chi connectivity index (χ0) is 16.1. The van der Waals surface area contributed by atoms with Crippen LogP contribution in [0.1, 0.15) is 5.56 Å². The number of rotatable bonds is 6. The number of hydrogen-bond donors (Lipinski definition) is 3. The second-order valence-electron chi connectivity index (χ2n) is 4.02. The molecule has 0 aliphatic carbocycles. The van der Waals surface area contributed by atoms with E-state index >= 15 is 0 Å². The summed E-state index contributed by atoms with van der Waals surface area (Å²) in [6.45, 7) is 0.131. The number of nitrogens with one attached hydrogen (secondary N) is 2. The Balaban J connectivity index is 2.37. The highest BCUT2D eigenvalue weighted by Gasteiger charge is 2.12. The molecule has 0 fully saturated rings. The van der Waals surface area contributed by atoms with E-state index in [1.807, 2.05) is 0 Å². The Morgan fingerprint density at radius 2 is 2.27 bits per heavy atom. The molecule has 0 radical (unpaired) electrons. The van der Waals surface area contributed by atoms with Crippen molar-refractivity contribution in [3.05, 3.63) is 39.7 Å². The van der Waals surface area contributed by atoms with Crippen molar-refractivity contribution in [3.63, 3.8) is 0 Å². The summed E-state index contributed by atoms with van der Waals surface area (Å²) in [6, 6.07) is 5.34. The number of halogens is 2. The monoisotopic (exact) mass is 406 g/mol. The van der Waals surface area contributed by atoms with Crippen molar-refractivity contribution >= 4 is 50.3 Å². The van der Waals surface area contributed by atoms with E-state index in [1.165, 1.54) is 13.3 Å². The van der Waals surface area contributed by atoms with Crippen LogP contribution in [0.2, 0.25) is 5.28 Å².